The highest BCUT2D eigenvalue weighted by Crippen LogP contribution is 2.44. The SMILES string of the molecule is CC1(c2cc(NC(=O)c3ccc(OCC(F)F)cn3)ccc2F)N=C(N)COCC1(F)F.O=CO. The lowest BCUT2D eigenvalue weighted by Gasteiger charge is -2.33. The largest absolute Gasteiger partial charge is 0.486 e. The number of pyridine rings is 1. The van der Waals surface area contributed by atoms with E-state index < -0.39 is 48.4 Å². The van der Waals surface area contributed by atoms with E-state index in [2.05, 4.69) is 15.3 Å². The Hall–Kier alpha value is -3.81. The second kappa shape index (κ2) is 11.6. The van der Waals surface area contributed by atoms with Gasteiger partial charge in [0, 0.05) is 11.3 Å². The van der Waals surface area contributed by atoms with Crippen molar-refractivity contribution in [1.82, 2.24) is 4.98 Å². The standard InChI is InChI=1S/C20H19F5N4O3.CH2O2/c1-19(20(24,25)10-31-9-17(26)29-19)13-6-11(2-4-14(13)21)28-18(30)15-5-3-12(7-27-15)32-8-16(22)23;2-1-3/h2-7,16H,8-10H2,1H3,(H2,26,29)(H,28,30);1H,(H,2,3). The maximum atomic E-state index is 14.8. The molecule has 1 aliphatic heterocycles. The molecule has 1 unspecified atom stereocenters. The van der Waals surface area contributed by atoms with Crippen molar-refractivity contribution in [3.05, 3.63) is 53.6 Å². The van der Waals surface area contributed by atoms with Gasteiger partial charge in [-0.3, -0.25) is 14.6 Å². The summed E-state index contributed by atoms with van der Waals surface area (Å²) in [6.07, 6.45) is -1.59. The number of amides is 1. The van der Waals surface area contributed by atoms with E-state index in [1.807, 2.05) is 0 Å². The molecule has 2 aromatic rings. The van der Waals surface area contributed by atoms with Crippen LogP contribution in [0.3, 0.4) is 0 Å². The first kappa shape index (κ1) is 27.4. The van der Waals surface area contributed by atoms with E-state index >= 15 is 0 Å². The second-order valence-corrected chi connectivity index (χ2v) is 7.21. The van der Waals surface area contributed by atoms with Gasteiger partial charge in [0.15, 0.2) is 5.54 Å². The van der Waals surface area contributed by atoms with Crippen LogP contribution < -0.4 is 15.8 Å². The average Bonchev–Trinajstić information content (AvgIpc) is 2.89. The Bertz CT molecular complexity index is 1070. The summed E-state index contributed by atoms with van der Waals surface area (Å²) in [5.74, 6) is -5.49. The van der Waals surface area contributed by atoms with Gasteiger partial charge in [-0.1, -0.05) is 0 Å². The highest BCUT2D eigenvalue weighted by atomic mass is 19.3. The summed E-state index contributed by atoms with van der Waals surface area (Å²) < 4.78 is 78.0. The number of anilines is 1. The fourth-order valence-electron chi connectivity index (χ4n) is 3.01. The highest BCUT2D eigenvalue weighted by Gasteiger charge is 2.54. The minimum absolute atomic E-state index is 0.00203. The molecule has 3 rings (SSSR count). The van der Waals surface area contributed by atoms with E-state index in [1.165, 1.54) is 18.2 Å². The normalized spacial score (nSPS) is 19.0. The Morgan fingerprint density at radius 2 is 2.03 bits per heavy atom. The fraction of sp³-hybridized carbons (Fsp3) is 0.333. The van der Waals surface area contributed by atoms with Crippen LogP contribution in [-0.2, 0) is 15.1 Å². The van der Waals surface area contributed by atoms with Gasteiger partial charge in [0.1, 0.15) is 42.9 Å². The molecule has 1 amide bonds. The predicted octanol–water partition coefficient (Wildman–Crippen LogP) is 3.06. The number of aromatic nitrogens is 1. The molecule has 0 radical (unpaired) electrons. The van der Waals surface area contributed by atoms with Crippen molar-refractivity contribution in [2.75, 3.05) is 25.1 Å². The van der Waals surface area contributed by atoms with Crippen molar-refractivity contribution in [2.45, 2.75) is 24.8 Å². The molecule has 35 heavy (non-hydrogen) atoms. The summed E-state index contributed by atoms with van der Waals surface area (Å²) >= 11 is 0. The van der Waals surface area contributed by atoms with Crippen LogP contribution in [0.2, 0.25) is 0 Å². The van der Waals surface area contributed by atoms with Crippen LogP contribution in [0, 0.1) is 5.82 Å². The Balaban J connectivity index is 0.00000137. The van der Waals surface area contributed by atoms with Gasteiger partial charge in [0.05, 0.1) is 6.20 Å². The molecule has 0 fully saturated rings. The third-order valence-corrected chi connectivity index (χ3v) is 4.71. The van der Waals surface area contributed by atoms with Gasteiger partial charge < -0.3 is 25.6 Å². The molecule has 0 saturated heterocycles. The first-order chi connectivity index (χ1) is 16.4. The molecule has 0 spiro atoms. The zero-order valence-electron chi connectivity index (χ0n) is 18.2. The summed E-state index contributed by atoms with van der Waals surface area (Å²) in [6.45, 7) is -1.40. The quantitative estimate of drug-likeness (QED) is 0.406. The number of nitrogens with one attached hydrogen (secondary N) is 1. The van der Waals surface area contributed by atoms with Crippen LogP contribution in [0.25, 0.3) is 0 Å². The molecule has 9 nitrogen and oxygen atoms in total. The lowest BCUT2D eigenvalue weighted by Crippen LogP contribution is -2.45. The van der Waals surface area contributed by atoms with Gasteiger partial charge >= 0.3 is 0 Å². The first-order valence-corrected chi connectivity index (χ1v) is 9.79. The molecular formula is C21H21F5N4O5. The monoisotopic (exact) mass is 504 g/mol. The number of nitrogens with zero attached hydrogens (tertiary/aromatic N) is 2. The molecule has 0 bridgehead atoms. The third-order valence-electron chi connectivity index (χ3n) is 4.71. The van der Waals surface area contributed by atoms with E-state index in [0.717, 1.165) is 25.3 Å². The lowest BCUT2D eigenvalue weighted by molar-refractivity contribution is -0.122. The Labute approximate surface area is 195 Å². The van der Waals surface area contributed by atoms with Crippen LogP contribution >= 0.6 is 0 Å². The number of carboxylic acid groups (broad SMARTS) is 1. The zero-order valence-corrected chi connectivity index (χ0v) is 18.2. The van der Waals surface area contributed by atoms with E-state index in [4.69, 9.17) is 25.1 Å². The van der Waals surface area contributed by atoms with E-state index in [1.54, 1.807) is 0 Å². The molecule has 0 saturated carbocycles. The van der Waals surface area contributed by atoms with Gasteiger partial charge in [0.2, 0.25) is 0 Å². The Morgan fingerprint density at radius 3 is 2.63 bits per heavy atom. The van der Waals surface area contributed by atoms with Crippen molar-refractivity contribution in [2.24, 2.45) is 10.7 Å². The van der Waals surface area contributed by atoms with Crippen molar-refractivity contribution >= 4 is 23.9 Å². The minimum Gasteiger partial charge on any atom is -0.486 e. The fourth-order valence-corrected chi connectivity index (χ4v) is 3.01. The molecule has 2 heterocycles. The van der Waals surface area contributed by atoms with Gasteiger partial charge in [-0.05, 0) is 37.3 Å². The number of carbonyl (C=O) groups excluding carboxylic acids is 1. The summed E-state index contributed by atoms with van der Waals surface area (Å²) in [5.41, 5.74) is 2.63. The number of rotatable bonds is 6. The molecule has 190 valence electrons. The first-order valence-electron chi connectivity index (χ1n) is 9.79. The number of hydrogen-bond acceptors (Lipinski definition) is 7. The van der Waals surface area contributed by atoms with Gasteiger partial charge in [-0.2, -0.15) is 0 Å². The number of nitrogens with two attached hydrogens (primary N) is 1. The van der Waals surface area contributed by atoms with Crippen LogP contribution in [0.5, 0.6) is 5.75 Å². The van der Waals surface area contributed by atoms with Crippen molar-refractivity contribution in [3.8, 4) is 5.75 Å². The lowest BCUT2D eigenvalue weighted by atomic mass is 9.85. The topological polar surface area (TPSA) is 136 Å². The number of halogens is 5. The smallest absolute Gasteiger partial charge is 0.299 e. The Kier molecular flexibility index (Phi) is 9.05. The van der Waals surface area contributed by atoms with Crippen LogP contribution in [0.15, 0.2) is 41.5 Å². The van der Waals surface area contributed by atoms with Gasteiger partial charge in [-0.25, -0.2) is 26.9 Å². The highest BCUT2D eigenvalue weighted by molar-refractivity contribution is 6.02. The number of aliphatic imine (C=N–C) groups is 1. The molecular weight excluding hydrogens is 483 g/mol. The van der Waals surface area contributed by atoms with Crippen LogP contribution in [0.4, 0.5) is 27.6 Å². The molecule has 1 aromatic heterocycles. The van der Waals surface area contributed by atoms with Gasteiger partial charge in [0.25, 0.3) is 24.7 Å². The number of carbonyl (C=O) groups is 2. The molecule has 4 N–H and O–H groups in total. The Morgan fingerprint density at radius 1 is 1.34 bits per heavy atom. The maximum absolute atomic E-state index is 14.8. The third kappa shape index (κ3) is 6.85. The predicted molar refractivity (Wildman–Crippen MR) is 114 cm³/mol. The number of ether oxygens (including phenoxy) is 2. The van der Waals surface area contributed by atoms with Crippen LogP contribution in [-0.4, -0.2) is 60.5 Å². The molecule has 0 aliphatic carbocycles. The van der Waals surface area contributed by atoms with Crippen LogP contribution in [0.1, 0.15) is 23.0 Å². The number of alkyl halides is 4. The summed E-state index contributed by atoms with van der Waals surface area (Å²) in [4.78, 5) is 28.4. The van der Waals surface area contributed by atoms with Crippen molar-refractivity contribution in [1.29, 1.82) is 0 Å². The van der Waals surface area contributed by atoms with Crippen molar-refractivity contribution in [3.63, 3.8) is 0 Å². The second-order valence-electron chi connectivity index (χ2n) is 7.21. The molecule has 14 heteroatoms. The van der Waals surface area contributed by atoms with Crippen molar-refractivity contribution < 1.29 is 46.1 Å². The zero-order chi connectivity index (χ0) is 26.2. The summed E-state index contributed by atoms with van der Waals surface area (Å²) in [7, 11) is 0. The number of hydrogen-bond donors (Lipinski definition) is 3. The molecule has 1 aliphatic rings. The maximum Gasteiger partial charge on any atom is 0.299 e. The molecule has 1 atom stereocenters. The average molecular weight is 504 g/mol. The van der Waals surface area contributed by atoms with Gasteiger partial charge in [-0.15, -0.1) is 0 Å². The van der Waals surface area contributed by atoms with E-state index in [9.17, 15) is 26.7 Å². The number of amidine groups is 1. The summed E-state index contributed by atoms with van der Waals surface area (Å²) in [5, 5.41) is 9.31. The molecule has 1 aromatic carbocycles. The summed E-state index contributed by atoms with van der Waals surface area (Å²) in [6, 6.07) is 5.62. The van der Waals surface area contributed by atoms with E-state index in [0.29, 0.717) is 0 Å². The minimum atomic E-state index is -3.59. The number of benzene rings is 1. The van der Waals surface area contributed by atoms with E-state index in [-0.39, 0.29) is 36.0 Å².